The third-order valence-corrected chi connectivity index (χ3v) is 5.64. The summed E-state index contributed by atoms with van der Waals surface area (Å²) in [6.07, 6.45) is 1.07. The number of amides is 3. The minimum Gasteiger partial charge on any atom is -0.469 e. The van der Waals surface area contributed by atoms with Crippen molar-refractivity contribution in [2.45, 2.75) is 77.4 Å². The van der Waals surface area contributed by atoms with Crippen molar-refractivity contribution in [1.29, 1.82) is 0 Å². The van der Waals surface area contributed by atoms with Crippen LogP contribution in [0.1, 0.15) is 53.4 Å². The minimum absolute atomic E-state index is 0.0245. The van der Waals surface area contributed by atoms with Gasteiger partial charge in [0.1, 0.15) is 12.1 Å². The van der Waals surface area contributed by atoms with Gasteiger partial charge in [-0.2, -0.15) is 0 Å². The number of methoxy groups -OCH3 is 1. The molecule has 0 saturated carbocycles. The van der Waals surface area contributed by atoms with Crippen LogP contribution in [0.2, 0.25) is 0 Å². The average molecular weight is 468 g/mol. The molecular formula is C21H37BN4O7. The lowest BCUT2D eigenvalue weighted by Gasteiger charge is -2.30. The van der Waals surface area contributed by atoms with Crippen molar-refractivity contribution in [2.75, 3.05) is 13.7 Å². The predicted octanol–water partition coefficient (Wildman–Crippen LogP) is -0.920. The van der Waals surface area contributed by atoms with E-state index in [1.165, 1.54) is 12.0 Å². The highest BCUT2D eigenvalue weighted by molar-refractivity contribution is 6.43. The maximum atomic E-state index is 13.0. The first-order chi connectivity index (χ1) is 15.4. The zero-order valence-corrected chi connectivity index (χ0v) is 20.1. The summed E-state index contributed by atoms with van der Waals surface area (Å²) in [4.78, 5) is 50.3. The predicted molar refractivity (Wildman–Crippen MR) is 122 cm³/mol. The van der Waals surface area contributed by atoms with Crippen molar-refractivity contribution < 1.29 is 34.0 Å². The SMILES string of the molecule is C=C(NC(C)C(=O)N1CCCC1C(=O)NC(B(O)O)C(C)C)C(C)NC(=O)CCC(=O)OC. The van der Waals surface area contributed by atoms with Gasteiger partial charge in [0.15, 0.2) is 0 Å². The second-order valence-corrected chi connectivity index (χ2v) is 8.64. The quantitative estimate of drug-likeness (QED) is 0.182. The first-order valence-corrected chi connectivity index (χ1v) is 11.2. The summed E-state index contributed by atoms with van der Waals surface area (Å²) in [6, 6.07) is -1.91. The average Bonchev–Trinajstić information content (AvgIpc) is 3.24. The minimum atomic E-state index is -1.70. The first-order valence-electron chi connectivity index (χ1n) is 11.2. The van der Waals surface area contributed by atoms with E-state index in [0.717, 1.165) is 0 Å². The van der Waals surface area contributed by atoms with Crippen molar-refractivity contribution in [3.05, 3.63) is 12.3 Å². The molecule has 0 aliphatic carbocycles. The number of ether oxygens (including phenoxy) is 1. The lowest BCUT2D eigenvalue weighted by molar-refractivity contribution is -0.142. The Kier molecular flexibility index (Phi) is 11.4. The molecule has 4 unspecified atom stereocenters. The summed E-state index contributed by atoms with van der Waals surface area (Å²) in [7, 11) is -0.451. The summed E-state index contributed by atoms with van der Waals surface area (Å²) in [6.45, 7) is 11.1. The van der Waals surface area contributed by atoms with E-state index in [0.29, 0.717) is 25.1 Å². The molecule has 0 aromatic heterocycles. The summed E-state index contributed by atoms with van der Waals surface area (Å²) in [5, 5.41) is 27.3. The van der Waals surface area contributed by atoms with Gasteiger partial charge in [0.25, 0.3) is 0 Å². The van der Waals surface area contributed by atoms with E-state index in [-0.39, 0.29) is 30.6 Å². The van der Waals surface area contributed by atoms with E-state index in [1.807, 2.05) is 0 Å². The molecule has 4 atom stereocenters. The molecule has 186 valence electrons. The molecule has 5 N–H and O–H groups in total. The number of hydrogen-bond donors (Lipinski definition) is 5. The Bertz CT molecular complexity index is 723. The Morgan fingerprint density at radius 3 is 2.24 bits per heavy atom. The van der Waals surface area contributed by atoms with E-state index in [2.05, 4.69) is 27.3 Å². The standard InChI is InChI=1S/C21H37BN4O7/c1-12(2)19(22(31)32)25-20(29)16-8-7-11-26(16)21(30)15(5)23-13(3)14(4)24-17(27)9-10-18(28)33-6/h12,14-16,19,23,31-32H,3,7-11H2,1-2,4-6H3,(H,24,27)(H,25,29). The molecule has 12 heteroatoms. The first kappa shape index (κ1) is 28.4. The van der Waals surface area contributed by atoms with Gasteiger partial charge in [-0.05, 0) is 32.6 Å². The number of esters is 1. The molecule has 1 aliphatic rings. The third-order valence-electron chi connectivity index (χ3n) is 5.64. The topological polar surface area (TPSA) is 157 Å². The molecule has 1 rings (SSSR count). The second-order valence-electron chi connectivity index (χ2n) is 8.64. The van der Waals surface area contributed by atoms with Gasteiger partial charge in [0, 0.05) is 18.7 Å². The van der Waals surface area contributed by atoms with Crippen molar-refractivity contribution in [1.82, 2.24) is 20.9 Å². The van der Waals surface area contributed by atoms with Gasteiger partial charge >= 0.3 is 13.1 Å². The highest BCUT2D eigenvalue weighted by atomic mass is 16.5. The van der Waals surface area contributed by atoms with Crippen molar-refractivity contribution in [2.24, 2.45) is 5.92 Å². The molecule has 3 amide bonds. The highest BCUT2D eigenvalue weighted by Crippen LogP contribution is 2.19. The van der Waals surface area contributed by atoms with Gasteiger partial charge in [0.05, 0.1) is 25.5 Å². The number of carbonyl (C=O) groups excluding carboxylic acids is 4. The fourth-order valence-corrected chi connectivity index (χ4v) is 3.58. The van der Waals surface area contributed by atoms with Crippen molar-refractivity contribution in [3.63, 3.8) is 0 Å². The fourth-order valence-electron chi connectivity index (χ4n) is 3.58. The number of carbonyl (C=O) groups is 4. The van der Waals surface area contributed by atoms with Crippen molar-refractivity contribution in [3.8, 4) is 0 Å². The molecule has 0 radical (unpaired) electrons. The number of rotatable bonds is 12. The zero-order valence-electron chi connectivity index (χ0n) is 20.1. The van der Waals surface area contributed by atoms with Crippen LogP contribution in [-0.4, -0.2) is 83.5 Å². The molecule has 33 heavy (non-hydrogen) atoms. The molecule has 1 saturated heterocycles. The summed E-state index contributed by atoms with van der Waals surface area (Å²) >= 11 is 0. The molecule has 11 nitrogen and oxygen atoms in total. The molecular weight excluding hydrogens is 431 g/mol. The molecule has 1 fully saturated rings. The van der Waals surface area contributed by atoms with Gasteiger partial charge in [-0.25, -0.2) is 0 Å². The van der Waals surface area contributed by atoms with Crippen LogP contribution in [0.25, 0.3) is 0 Å². The maximum absolute atomic E-state index is 13.0. The van der Waals surface area contributed by atoms with Gasteiger partial charge in [-0.1, -0.05) is 20.4 Å². The zero-order chi connectivity index (χ0) is 25.3. The van der Waals surface area contributed by atoms with E-state index >= 15 is 0 Å². The summed E-state index contributed by atoms with van der Waals surface area (Å²) in [5.74, 6) is -2.60. The number of nitrogens with zero attached hydrogens (tertiary/aromatic N) is 1. The van der Waals surface area contributed by atoms with Gasteiger partial charge in [-0.3, -0.25) is 19.2 Å². The Morgan fingerprint density at radius 1 is 1.06 bits per heavy atom. The number of hydrogen-bond acceptors (Lipinski definition) is 8. The van der Waals surface area contributed by atoms with Crippen LogP contribution >= 0.6 is 0 Å². The van der Waals surface area contributed by atoms with Gasteiger partial charge in [-0.15, -0.1) is 0 Å². The van der Waals surface area contributed by atoms with Crippen molar-refractivity contribution >= 4 is 30.8 Å². The third kappa shape index (κ3) is 8.69. The normalized spacial score (nSPS) is 18.2. The lowest BCUT2D eigenvalue weighted by Crippen LogP contribution is -2.57. The molecule has 0 bridgehead atoms. The van der Waals surface area contributed by atoms with Gasteiger partial charge < -0.3 is 35.6 Å². The molecule has 0 aromatic carbocycles. The molecule has 1 aliphatic heterocycles. The monoisotopic (exact) mass is 468 g/mol. The number of nitrogens with one attached hydrogen (secondary N) is 3. The highest BCUT2D eigenvalue weighted by Gasteiger charge is 2.38. The van der Waals surface area contributed by atoms with E-state index in [1.54, 1.807) is 27.7 Å². The maximum Gasteiger partial charge on any atom is 0.475 e. The second kappa shape index (κ2) is 13.2. The van der Waals surface area contributed by atoms with Crippen LogP contribution < -0.4 is 16.0 Å². The van der Waals surface area contributed by atoms with Crippen LogP contribution in [-0.2, 0) is 23.9 Å². The Labute approximate surface area is 195 Å². The van der Waals surface area contributed by atoms with Crippen LogP contribution in [0.4, 0.5) is 0 Å². The molecule has 0 aromatic rings. The molecule has 1 heterocycles. The van der Waals surface area contributed by atoms with E-state index < -0.39 is 43.1 Å². The Morgan fingerprint density at radius 2 is 1.70 bits per heavy atom. The van der Waals surface area contributed by atoms with Crippen LogP contribution in [0.15, 0.2) is 12.3 Å². The van der Waals surface area contributed by atoms with Crippen LogP contribution in [0.3, 0.4) is 0 Å². The fraction of sp³-hybridized carbons (Fsp3) is 0.714. The summed E-state index contributed by atoms with van der Waals surface area (Å²) in [5.41, 5.74) is 0.408. The smallest absolute Gasteiger partial charge is 0.469 e. The largest absolute Gasteiger partial charge is 0.475 e. The molecule has 0 spiro atoms. The number of likely N-dealkylation sites (tertiary alicyclic amines) is 1. The van der Waals surface area contributed by atoms with E-state index in [4.69, 9.17) is 0 Å². The lowest BCUT2D eigenvalue weighted by atomic mass is 9.73. The van der Waals surface area contributed by atoms with Crippen LogP contribution in [0.5, 0.6) is 0 Å². The van der Waals surface area contributed by atoms with Gasteiger partial charge in [0.2, 0.25) is 17.7 Å². The Balaban J connectivity index is 2.65. The van der Waals surface area contributed by atoms with Crippen LogP contribution in [0, 0.1) is 5.92 Å². The Hall–Kier alpha value is -2.60. The summed E-state index contributed by atoms with van der Waals surface area (Å²) < 4.78 is 4.51. The van der Waals surface area contributed by atoms with E-state index in [9.17, 15) is 29.2 Å².